The van der Waals surface area contributed by atoms with Gasteiger partial charge >= 0.3 is 5.97 Å². The van der Waals surface area contributed by atoms with E-state index in [4.69, 9.17) is 9.84 Å². The van der Waals surface area contributed by atoms with Crippen molar-refractivity contribution in [2.75, 3.05) is 13.7 Å². The number of hydrogen-bond acceptors (Lipinski definition) is 5. The highest BCUT2D eigenvalue weighted by Crippen LogP contribution is 2.20. The van der Waals surface area contributed by atoms with E-state index in [2.05, 4.69) is 5.32 Å². The van der Waals surface area contributed by atoms with Crippen LogP contribution in [0, 0.1) is 10.1 Å². The first-order valence-corrected chi connectivity index (χ1v) is 5.18. The molecule has 18 heavy (non-hydrogen) atoms. The topological polar surface area (TPSA) is 102 Å². The number of benzene rings is 1. The van der Waals surface area contributed by atoms with Crippen LogP contribution in [0.5, 0.6) is 5.75 Å². The number of nitro groups is 1. The molecule has 1 unspecified atom stereocenters. The highest BCUT2D eigenvalue weighted by Gasteiger charge is 2.32. The molecule has 0 bridgehead atoms. The van der Waals surface area contributed by atoms with Gasteiger partial charge in [0.15, 0.2) is 0 Å². The van der Waals surface area contributed by atoms with Crippen LogP contribution in [-0.2, 0) is 4.79 Å². The van der Waals surface area contributed by atoms with Gasteiger partial charge in [-0.2, -0.15) is 0 Å². The summed E-state index contributed by atoms with van der Waals surface area (Å²) >= 11 is 0. The summed E-state index contributed by atoms with van der Waals surface area (Å²) in [5.74, 6) is -0.803. The van der Waals surface area contributed by atoms with Crippen LogP contribution in [0.1, 0.15) is 6.92 Å². The number of hydrogen-bond donors (Lipinski definition) is 2. The molecule has 0 spiro atoms. The fourth-order valence-corrected chi connectivity index (χ4v) is 1.16. The highest BCUT2D eigenvalue weighted by molar-refractivity contribution is 5.78. The first-order chi connectivity index (χ1) is 8.39. The summed E-state index contributed by atoms with van der Waals surface area (Å²) in [7, 11) is 1.50. The Labute approximate surface area is 104 Å². The van der Waals surface area contributed by atoms with Crippen molar-refractivity contribution >= 4 is 11.7 Å². The van der Waals surface area contributed by atoms with Gasteiger partial charge in [-0.1, -0.05) is 6.07 Å². The Kier molecular flexibility index (Phi) is 4.22. The Balaban J connectivity index is 2.77. The molecule has 2 N–H and O–H groups in total. The molecule has 0 aliphatic rings. The Hall–Kier alpha value is -2.15. The van der Waals surface area contributed by atoms with Crippen LogP contribution in [-0.4, -0.2) is 35.2 Å². The molecule has 0 radical (unpaired) electrons. The maximum absolute atomic E-state index is 11.0. The smallest absolute Gasteiger partial charge is 0.327 e. The van der Waals surface area contributed by atoms with Crippen molar-refractivity contribution in [3.8, 4) is 5.75 Å². The Morgan fingerprint density at radius 2 is 2.28 bits per heavy atom. The summed E-state index contributed by atoms with van der Waals surface area (Å²) in [6.07, 6.45) is 0. The maximum Gasteiger partial charge on any atom is 0.327 e. The van der Waals surface area contributed by atoms with E-state index in [0.29, 0.717) is 0 Å². The Morgan fingerprint density at radius 3 is 2.78 bits per heavy atom. The molecule has 7 nitrogen and oxygen atoms in total. The van der Waals surface area contributed by atoms with E-state index in [1.165, 1.54) is 38.2 Å². The molecule has 1 aromatic rings. The standard InChI is InChI=1S/C11H14N2O5/c1-11(12-2,10(14)15)7-18-9-5-3-4-8(6-9)13(16)17/h3-6,12H,7H2,1-2H3,(H,14,15). The molecule has 0 aliphatic carbocycles. The van der Waals surface area contributed by atoms with Crippen LogP contribution in [0.4, 0.5) is 5.69 Å². The lowest BCUT2D eigenvalue weighted by molar-refractivity contribution is -0.384. The summed E-state index contributed by atoms with van der Waals surface area (Å²) in [6, 6.07) is 5.59. The first-order valence-electron chi connectivity index (χ1n) is 5.18. The third kappa shape index (κ3) is 3.17. The van der Waals surface area contributed by atoms with Crippen molar-refractivity contribution in [2.24, 2.45) is 0 Å². The number of nitro benzene ring substituents is 1. The number of carboxylic acid groups (broad SMARTS) is 1. The second kappa shape index (κ2) is 5.46. The molecule has 1 aromatic carbocycles. The monoisotopic (exact) mass is 254 g/mol. The van der Waals surface area contributed by atoms with Gasteiger partial charge in [0.05, 0.1) is 11.0 Å². The molecule has 1 atom stereocenters. The van der Waals surface area contributed by atoms with Crippen molar-refractivity contribution < 1.29 is 19.6 Å². The minimum Gasteiger partial charge on any atom is -0.491 e. The number of nitrogens with zero attached hydrogens (tertiary/aromatic N) is 1. The number of non-ortho nitro benzene ring substituents is 1. The Morgan fingerprint density at radius 1 is 1.61 bits per heavy atom. The average Bonchev–Trinajstić information content (AvgIpc) is 2.36. The normalized spacial score (nSPS) is 13.7. The lowest BCUT2D eigenvalue weighted by atomic mass is 10.1. The summed E-state index contributed by atoms with van der Waals surface area (Å²) in [5, 5.41) is 22.2. The van der Waals surface area contributed by atoms with Crippen LogP contribution in [0.2, 0.25) is 0 Å². The minimum absolute atomic E-state index is 0.103. The van der Waals surface area contributed by atoms with Gasteiger partial charge in [0, 0.05) is 6.07 Å². The van der Waals surface area contributed by atoms with Crippen molar-refractivity contribution in [3.05, 3.63) is 34.4 Å². The molecule has 0 aliphatic heterocycles. The number of carboxylic acids is 1. The second-order valence-electron chi connectivity index (χ2n) is 3.93. The lowest BCUT2D eigenvalue weighted by Gasteiger charge is -2.24. The third-order valence-corrected chi connectivity index (χ3v) is 2.58. The number of carbonyl (C=O) groups is 1. The predicted molar refractivity (Wildman–Crippen MR) is 63.7 cm³/mol. The summed E-state index contributed by atoms with van der Waals surface area (Å²) in [5.41, 5.74) is -1.35. The van der Waals surface area contributed by atoms with Gasteiger partial charge in [-0.3, -0.25) is 14.9 Å². The molecular weight excluding hydrogens is 240 g/mol. The molecular formula is C11H14N2O5. The predicted octanol–water partition coefficient (Wildman–Crippen LogP) is 1.04. The third-order valence-electron chi connectivity index (χ3n) is 2.58. The minimum atomic E-state index is -1.25. The van der Waals surface area contributed by atoms with E-state index in [1.54, 1.807) is 0 Å². The number of aliphatic carboxylic acids is 1. The van der Waals surface area contributed by atoms with Crippen molar-refractivity contribution in [1.29, 1.82) is 0 Å². The van der Waals surface area contributed by atoms with E-state index in [0.717, 1.165) is 0 Å². The van der Waals surface area contributed by atoms with E-state index >= 15 is 0 Å². The summed E-state index contributed by atoms with van der Waals surface area (Å²) < 4.78 is 5.27. The maximum atomic E-state index is 11.0. The zero-order chi connectivity index (χ0) is 13.8. The van der Waals surface area contributed by atoms with Crippen LogP contribution in [0.25, 0.3) is 0 Å². The SMILES string of the molecule is CNC(C)(COc1cccc([N+](=O)[O-])c1)C(=O)O. The summed E-state index contributed by atoms with van der Waals surface area (Å²) in [4.78, 5) is 21.0. The molecule has 0 fully saturated rings. The van der Waals surface area contributed by atoms with Gasteiger partial charge in [0.25, 0.3) is 5.69 Å². The van der Waals surface area contributed by atoms with Gasteiger partial charge < -0.3 is 15.2 Å². The van der Waals surface area contributed by atoms with Crippen LogP contribution < -0.4 is 10.1 Å². The van der Waals surface area contributed by atoms with Gasteiger partial charge in [0.1, 0.15) is 17.9 Å². The molecule has 0 saturated heterocycles. The van der Waals surface area contributed by atoms with E-state index in [9.17, 15) is 14.9 Å². The number of rotatable bonds is 6. The molecule has 0 heterocycles. The molecule has 0 aromatic heterocycles. The van der Waals surface area contributed by atoms with Crippen LogP contribution in [0.3, 0.4) is 0 Å². The fourth-order valence-electron chi connectivity index (χ4n) is 1.16. The van der Waals surface area contributed by atoms with Crippen LogP contribution in [0.15, 0.2) is 24.3 Å². The van der Waals surface area contributed by atoms with E-state index < -0.39 is 16.4 Å². The fraction of sp³-hybridized carbons (Fsp3) is 0.364. The van der Waals surface area contributed by atoms with Gasteiger partial charge in [-0.05, 0) is 20.0 Å². The first kappa shape index (κ1) is 13.9. The second-order valence-corrected chi connectivity index (χ2v) is 3.93. The molecule has 0 amide bonds. The van der Waals surface area contributed by atoms with Crippen LogP contribution >= 0.6 is 0 Å². The lowest BCUT2D eigenvalue weighted by Crippen LogP contribution is -2.52. The quantitative estimate of drug-likeness (QED) is 0.580. The van der Waals surface area contributed by atoms with Crippen molar-refractivity contribution in [3.63, 3.8) is 0 Å². The van der Waals surface area contributed by atoms with Gasteiger partial charge in [-0.15, -0.1) is 0 Å². The zero-order valence-electron chi connectivity index (χ0n) is 10.0. The Bertz CT molecular complexity index is 463. The molecule has 1 rings (SSSR count). The van der Waals surface area contributed by atoms with E-state index in [-0.39, 0.29) is 18.0 Å². The number of nitrogens with one attached hydrogen (secondary N) is 1. The molecule has 0 saturated carbocycles. The van der Waals surface area contributed by atoms with E-state index in [1.807, 2.05) is 0 Å². The largest absolute Gasteiger partial charge is 0.491 e. The average molecular weight is 254 g/mol. The molecule has 7 heteroatoms. The number of ether oxygens (including phenoxy) is 1. The molecule has 98 valence electrons. The van der Waals surface area contributed by atoms with Gasteiger partial charge in [0.2, 0.25) is 0 Å². The van der Waals surface area contributed by atoms with Gasteiger partial charge in [-0.25, -0.2) is 0 Å². The highest BCUT2D eigenvalue weighted by atomic mass is 16.6. The summed E-state index contributed by atoms with van der Waals surface area (Å²) in [6.45, 7) is 1.33. The van der Waals surface area contributed by atoms with Crippen molar-refractivity contribution in [2.45, 2.75) is 12.5 Å². The number of likely N-dealkylation sites (N-methyl/N-ethyl adjacent to an activating group) is 1. The zero-order valence-corrected chi connectivity index (χ0v) is 10.0. The van der Waals surface area contributed by atoms with Crippen molar-refractivity contribution in [1.82, 2.24) is 5.32 Å².